The van der Waals surface area contributed by atoms with Gasteiger partial charge in [0, 0.05) is 6.54 Å². The zero-order chi connectivity index (χ0) is 14.5. The van der Waals surface area contributed by atoms with E-state index in [1.165, 1.54) is 0 Å². The predicted octanol–water partition coefficient (Wildman–Crippen LogP) is 2.69. The summed E-state index contributed by atoms with van der Waals surface area (Å²) in [6, 6.07) is 3.55. The highest BCUT2D eigenvalue weighted by molar-refractivity contribution is 9.10. The van der Waals surface area contributed by atoms with Crippen molar-refractivity contribution in [3.05, 3.63) is 39.9 Å². The molecule has 108 valence electrons. The van der Waals surface area contributed by atoms with E-state index in [9.17, 15) is 0 Å². The first kappa shape index (κ1) is 15.0. The molecule has 0 aliphatic heterocycles. The third-order valence-corrected chi connectivity index (χ3v) is 3.94. The van der Waals surface area contributed by atoms with E-state index in [0.29, 0.717) is 18.1 Å². The van der Waals surface area contributed by atoms with Crippen LogP contribution in [0.3, 0.4) is 0 Å². The SMILES string of the molecule is CCc1nn(CC)c(COc2ccc(CO)nc2)c1Br. The van der Waals surface area contributed by atoms with Crippen molar-refractivity contribution < 1.29 is 9.84 Å². The number of pyridine rings is 1. The van der Waals surface area contributed by atoms with E-state index in [-0.39, 0.29) is 6.61 Å². The van der Waals surface area contributed by atoms with Crippen molar-refractivity contribution in [3.8, 4) is 5.75 Å². The highest BCUT2D eigenvalue weighted by Crippen LogP contribution is 2.23. The lowest BCUT2D eigenvalue weighted by atomic mass is 10.3. The van der Waals surface area contributed by atoms with E-state index in [0.717, 1.165) is 28.8 Å². The average molecular weight is 340 g/mol. The standard InChI is InChI=1S/C14H18BrN3O2/c1-3-12-14(15)13(18(4-2)17-12)9-20-11-6-5-10(8-19)16-7-11/h5-7,19H,3-4,8-9H2,1-2H3. The molecule has 0 aromatic carbocycles. The van der Waals surface area contributed by atoms with Crippen LogP contribution in [0.4, 0.5) is 0 Å². The number of hydrogen-bond acceptors (Lipinski definition) is 4. The first-order chi connectivity index (χ1) is 9.69. The van der Waals surface area contributed by atoms with Gasteiger partial charge < -0.3 is 9.84 Å². The van der Waals surface area contributed by atoms with Gasteiger partial charge in [0.05, 0.1) is 34.4 Å². The van der Waals surface area contributed by atoms with Crippen molar-refractivity contribution in [2.45, 2.75) is 40.0 Å². The normalized spacial score (nSPS) is 10.8. The van der Waals surface area contributed by atoms with Gasteiger partial charge in [0.15, 0.2) is 0 Å². The number of aryl methyl sites for hydroxylation is 2. The van der Waals surface area contributed by atoms with E-state index in [4.69, 9.17) is 9.84 Å². The number of aliphatic hydroxyl groups excluding tert-OH is 1. The first-order valence-electron chi connectivity index (χ1n) is 6.62. The van der Waals surface area contributed by atoms with Crippen molar-refractivity contribution in [2.24, 2.45) is 0 Å². The molecule has 0 saturated heterocycles. The third-order valence-electron chi connectivity index (χ3n) is 3.03. The van der Waals surface area contributed by atoms with Crippen LogP contribution < -0.4 is 4.74 Å². The molecule has 0 radical (unpaired) electrons. The van der Waals surface area contributed by atoms with Crippen molar-refractivity contribution in [2.75, 3.05) is 0 Å². The van der Waals surface area contributed by atoms with Crippen LogP contribution in [0, 0.1) is 0 Å². The molecule has 6 heteroatoms. The minimum Gasteiger partial charge on any atom is -0.486 e. The van der Waals surface area contributed by atoms with Crippen molar-refractivity contribution in [3.63, 3.8) is 0 Å². The van der Waals surface area contributed by atoms with Crippen LogP contribution in [0.25, 0.3) is 0 Å². The number of hydrogen-bond donors (Lipinski definition) is 1. The number of aliphatic hydroxyl groups is 1. The van der Waals surface area contributed by atoms with Crippen LogP contribution in [-0.2, 0) is 26.2 Å². The van der Waals surface area contributed by atoms with Crippen LogP contribution in [0.2, 0.25) is 0 Å². The number of halogens is 1. The summed E-state index contributed by atoms with van der Waals surface area (Å²) in [6.45, 7) is 5.31. The Bertz CT molecular complexity index is 567. The van der Waals surface area contributed by atoms with Gasteiger partial charge in [-0.05, 0) is 41.4 Å². The van der Waals surface area contributed by atoms with Gasteiger partial charge in [-0.2, -0.15) is 5.10 Å². The Hall–Kier alpha value is -1.40. The lowest BCUT2D eigenvalue weighted by molar-refractivity contribution is 0.273. The van der Waals surface area contributed by atoms with Gasteiger partial charge >= 0.3 is 0 Å². The fraction of sp³-hybridized carbons (Fsp3) is 0.429. The van der Waals surface area contributed by atoms with E-state index in [1.54, 1.807) is 18.3 Å². The first-order valence-corrected chi connectivity index (χ1v) is 7.41. The van der Waals surface area contributed by atoms with Gasteiger partial charge in [-0.15, -0.1) is 0 Å². The molecule has 2 aromatic rings. The molecule has 2 heterocycles. The minimum atomic E-state index is -0.0612. The lowest BCUT2D eigenvalue weighted by Gasteiger charge is -2.08. The third kappa shape index (κ3) is 3.19. The van der Waals surface area contributed by atoms with Gasteiger partial charge in [0.2, 0.25) is 0 Å². The molecular weight excluding hydrogens is 322 g/mol. The summed E-state index contributed by atoms with van der Waals surface area (Å²) >= 11 is 3.59. The van der Waals surface area contributed by atoms with Crippen LogP contribution in [0.5, 0.6) is 5.75 Å². The molecule has 0 spiro atoms. The number of nitrogens with zero attached hydrogens (tertiary/aromatic N) is 3. The van der Waals surface area contributed by atoms with Crippen LogP contribution >= 0.6 is 15.9 Å². The largest absolute Gasteiger partial charge is 0.486 e. The molecule has 0 fully saturated rings. The maximum Gasteiger partial charge on any atom is 0.138 e. The molecule has 5 nitrogen and oxygen atoms in total. The van der Waals surface area contributed by atoms with Crippen molar-refractivity contribution >= 4 is 15.9 Å². The van der Waals surface area contributed by atoms with Gasteiger partial charge in [0.25, 0.3) is 0 Å². The zero-order valence-corrected chi connectivity index (χ0v) is 13.2. The average Bonchev–Trinajstić information content (AvgIpc) is 2.81. The van der Waals surface area contributed by atoms with Gasteiger partial charge in [-0.3, -0.25) is 9.67 Å². The molecule has 0 bridgehead atoms. The minimum absolute atomic E-state index is 0.0612. The second-order valence-electron chi connectivity index (χ2n) is 4.31. The Balaban J connectivity index is 2.11. The van der Waals surface area contributed by atoms with Crippen LogP contribution in [-0.4, -0.2) is 19.9 Å². The molecule has 0 aliphatic rings. The highest BCUT2D eigenvalue weighted by atomic mass is 79.9. The Morgan fingerprint density at radius 1 is 1.35 bits per heavy atom. The second-order valence-corrected chi connectivity index (χ2v) is 5.10. The summed E-state index contributed by atoms with van der Waals surface area (Å²) in [5, 5.41) is 13.5. The van der Waals surface area contributed by atoms with E-state index in [1.807, 2.05) is 4.68 Å². The molecule has 2 rings (SSSR count). The van der Waals surface area contributed by atoms with Gasteiger partial charge in [0.1, 0.15) is 12.4 Å². The summed E-state index contributed by atoms with van der Waals surface area (Å²) in [4.78, 5) is 4.09. The fourth-order valence-corrected chi connectivity index (χ4v) is 2.58. The van der Waals surface area contributed by atoms with Crippen molar-refractivity contribution in [1.29, 1.82) is 0 Å². The van der Waals surface area contributed by atoms with Gasteiger partial charge in [-0.1, -0.05) is 6.92 Å². The second kappa shape index (κ2) is 6.85. The molecule has 0 unspecified atom stereocenters. The molecule has 0 aliphatic carbocycles. The summed E-state index contributed by atoms with van der Waals surface area (Å²) in [5.41, 5.74) is 2.69. The topological polar surface area (TPSA) is 60.2 Å². The Labute approximate surface area is 126 Å². The summed E-state index contributed by atoms with van der Waals surface area (Å²) < 4.78 is 8.70. The highest BCUT2D eigenvalue weighted by Gasteiger charge is 2.14. The maximum atomic E-state index is 8.95. The molecule has 0 amide bonds. The fourth-order valence-electron chi connectivity index (χ4n) is 1.90. The Morgan fingerprint density at radius 3 is 2.70 bits per heavy atom. The number of aromatic nitrogens is 3. The summed E-state index contributed by atoms with van der Waals surface area (Å²) in [5.74, 6) is 0.677. The van der Waals surface area contributed by atoms with E-state index in [2.05, 4.69) is 39.9 Å². The van der Waals surface area contributed by atoms with E-state index >= 15 is 0 Å². The van der Waals surface area contributed by atoms with E-state index < -0.39 is 0 Å². The number of rotatable bonds is 6. The monoisotopic (exact) mass is 339 g/mol. The zero-order valence-electron chi connectivity index (χ0n) is 11.6. The number of ether oxygens (including phenoxy) is 1. The van der Waals surface area contributed by atoms with Crippen LogP contribution in [0.1, 0.15) is 30.9 Å². The van der Waals surface area contributed by atoms with Crippen molar-refractivity contribution in [1.82, 2.24) is 14.8 Å². The summed E-state index contributed by atoms with van der Waals surface area (Å²) in [7, 11) is 0. The quantitative estimate of drug-likeness (QED) is 0.878. The molecule has 20 heavy (non-hydrogen) atoms. The Kier molecular flexibility index (Phi) is 5.14. The molecule has 2 aromatic heterocycles. The molecule has 0 saturated carbocycles. The van der Waals surface area contributed by atoms with Crippen LogP contribution in [0.15, 0.2) is 22.8 Å². The predicted molar refractivity (Wildman–Crippen MR) is 79.5 cm³/mol. The molecule has 1 N–H and O–H groups in total. The smallest absolute Gasteiger partial charge is 0.138 e. The van der Waals surface area contributed by atoms with Gasteiger partial charge in [-0.25, -0.2) is 0 Å². The molecular formula is C14H18BrN3O2. The lowest BCUT2D eigenvalue weighted by Crippen LogP contribution is -2.06. The summed E-state index contributed by atoms with van der Waals surface area (Å²) in [6.07, 6.45) is 2.50. The molecule has 0 atom stereocenters. The maximum absolute atomic E-state index is 8.95. The Morgan fingerprint density at radius 2 is 2.15 bits per heavy atom.